The molecule has 1 heterocycles. The van der Waals surface area contributed by atoms with Crippen LogP contribution in [0.2, 0.25) is 0 Å². The van der Waals surface area contributed by atoms with E-state index in [2.05, 4.69) is 15.4 Å². The molecule has 0 bridgehead atoms. The number of urea groups is 1. The fourth-order valence-corrected chi connectivity index (χ4v) is 4.33. The molecule has 1 saturated heterocycles. The second kappa shape index (κ2) is 10.0. The van der Waals surface area contributed by atoms with Crippen LogP contribution >= 0.6 is 0 Å². The van der Waals surface area contributed by atoms with Gasteiger partial charge in [-0.25, -0.2) is 17.9 Å². The maximum absolute atomic E-state index is 12.5. The number of carbonyl (C=O) groups excluding carboxylic acids is 1. The number of hydrogen-bond acceptors (Lipinski definition) is 5. The second-order valence-electron chi connectivity index (χ2n) is 6.94. The van der Waals surface area contributed by atoms with Gasteiger partial charge in [0.05, 0.1) is 29.8 Å². The number of benzene rings is 1. The number of ether oxygens (including phenoxy) is 1. The molecule has 8 nitrogen and oxygen atoms in total. The molecule has 4 N–H and O–H groups in total. The topological polar surface area (TPSA) is 117 Å². The summed E-state index contributed by atoms with van der Waals surface area (Å²) in [6.07, 6.45) is 1.04. The Bertz CT molecular complexity index is 696. The maximum Gasteiger partial charge on any atom is 0.314 e. The molecule has 2 rings (SSSR count). The summed E-state index contributed by atoms with van der Waals surface area (Å²) in [4.78, 5) is 11.8. The maximum atomic E-state index is 12.5. The molecule has 1 fully saturated rings. The number of aliphatic hydroxyl groups is 1. The summed E-state index contributed by atoms with van der Waals surface area (Å²) in [5.74, 6) is 0. The highest BCUT2D eigenvalue weighted by atomic mass is 32.2. The van der Waals surface area contributed by atoms with E-state index in [1.165, 1.54) is 12.1 Å². The summed E-state index contributed by atoms with van der Waals surface area (Å²) in [6, 6.07) is 7.46. The minimum Gasteiger partial charge on any atom is -0.394 e. The number of aliphatic hydroxyl groups excluding tert-OH is 1. The van der Waals surface area contributed by atoms with Crippen molar-refractivity contribution in [3.63, 3.8) is 0 Å². The fourth-order valence-electron chi connectivity index (χ4n) is 3.01. The number of sulfonamides is 1. The van der Waals surface area contributed by atoms with Crippen molar-refractivity contribution in [2.24, 2.45) is 0 Å². The van der Waals surface area contributed by atoms with Crippen molar-refractivity contribution in [3.05, 3.63) is 30.3 Å². The number of nitrogens with one attached hydrogen (secondary N) is 3. The minimum atomic E-state index is -3.67. The molecule has 0 radical (unpaired) electrons. The van der Waals surface area contributed by atoms with Gasteiger partial charge >= 0.3 is 6.03 Å². The molecule has 0 saturated carbocycles. The number of hydrogen-bond donors (Lipinski definition) is 4. The lowest BCUT2D eigenvalue weighted by Crippen LogP contribution is -2.51. The first-order valence-corrected chi connectivity index (χ1v) is 10.7. The Balaban J connectivity index is 1.85. The fraction of sp³-hybridized carbons (Fsp3) is 0.611. The number of carbonyl (C=O) groups is 1. The summed E-state index contributed by atoms with van der Waals surface area (Å²) in [7, 11) is -3.67. The highest BCUT2D eigenvalue weighted by Gasteiger charge is 2.33. The molecule has 1 aliphatic rings. The number of amides is 2. The number of rotatable bonds is 8. The molecule has 0 aliphatic carbocycles. The molecule has 0 spiro atoms. The van der Waals surface area contributed by atoms with Crippen LogP contribution in [-0.4, -0.2) is 57.0 Å². The smallest absolute Gasteiger partial charge is 0.314 e. The SMILES string of the molecule is CC(C)NC(=O)NCC[C@H]1CC[C@@H](NS(=O)(=O)c2ccccc2)[C@H](CO)O1. The van der Waals surface area contributed by atoms with Crippen molar-refractivity contribution in [2.75, 3.05) is 13.2 Å². The van der Waals surface area contributed by atoms with Crippen LogP contribution in [0.5, 0.6) is 0 Å². The summed E-state index contributed by atoms with van der Waals surface area (Å²) in [5, 5.41) is 15.1. The van der Waals surface area contributed by atoms with Gasteiger partial charge in [-0.2, -0.15) is 0 Å². The Labute approximate surface area is 160 Å². The van der Waals surface area contributed by atoms with Crippen molar-refractivity contribution >= 4 is 16.1 Å². The van der Waals surface area contributed by atoms with Crippen LogP contribution in [0.25, 0.3) is 0 Å². The molecular formula is C18H29N3O5S. The standard InChI is InChI=1S/C18H29N3O5S/c1-13(2)20-18(23)19-11-10-14-8-9-16(17(12-22)26-14)21-27(24,25)15-6-4-3-5-7-15/h3-7,13-14,16-17,21-22H,8-12H2,1-2H3,(H2,19,20,23)/t14-,16-,17+/m1/s1. The van der Waals surface area contributed by atoms with Crippen LogP contribution in [0.15, 0.2) is 35.2 Å². The predicted octanol–water partition coefficient (Wildman–Crippen LogP) is 0.971. The lowest BCUT2D eigenvalue weighted by atomic mass is 9.98. The lowest BCUT2D eigenvalue weighted by molar-refractivity contribution is -0.0871. The van der Waals surface area contributed by atoms with E-state index in [0.717, 1.165) is 0 Å². The van der Waals surface area contributed by atoms with E-state index in [0.29, 0.717) is 25.8 Å². The molecular weight excluding hydrogens is 370 g/mol. The average molecular weight is 400 g/mol. The summed E-state index contributed by atoms with van der Waals surface area (Å²) >= 11 is 0. The van der Waals surface area contributed by atoms with E-state index >= 15 is 0 Å². The van der Waals surface area contributed by atoms with Gasteiger partial charge in [0, 0.05) is 12.6 Å². The molecule has 1 aromatic rings. The minimum absolute atomic E-state index is 0.0631. The molecule has 27 heavy (non-hydrogen) atoms. The van der Waals surface area contributed by atoms with Crippen molar-refractivity contribution < 1.29 is 23.1 Å². The third-order valence-corrected chi connectivity index (χ3v) is 5.83. The van der Waals surface area contributed by atoms with Crippen LogP contribution in [0.1, 0.15) is 33.1 Å². The van der Waals surface area contributed by atoms with Gasteiger partial charge in [0.2, 0.25) is 10.0 Å². The van der Waals surface area contributed by atoms with E-state index in [1.54, 1.807) is 18.2 Å². The van der Waals surface area contributed by atoms with Crippen molar-refractivity contribution in [1.82, 2.24) is 15.4 Å². The van der Waals surface area contributed by atoms with E-state index in [1.807, 2.05) is 13.8 Å². The lowest BCUT2D eigenvalue weighted by Gasteiger charge is -2.36. The highest BCUT2D eigenvalue weighted by Crippen LogP contribution is 2.23. The highest BCUT2D eigenvalue weighted by molar-refractivity contribution is 7.89. The first kappa shape index (κ1) is 21.6. The normalized spacial score (nSPS) is 23.2. The molecule has 2 amide bonds. The third-order valence-electron chi connectivity index (χ3n) is 4.33. The zero-order chi connectivity index (χ0) is 19.9. The Morgan fingerprint density at radius 3 is 2.59 bits per heavy atom. The van der Waals surface area contributed by atoms with Gasteiger partial charge in [0.1, 0.15) is 0 Å². The molecule has 1 aromatic carbocycles. The zero-order valence-corrected chi connectivity index (χ0v) is 16.5. The van der Waals surface area contributed by atoms with Gasteiger partial charge in [-0.1, -0.05) is 18.2 Å². The van der Waals surface area contributed by atoms with Crippen LogP contribution in [0.4, 0.5) is 4.79 Å². The van der Waals surface area contributed by atoms with Crippen molar-refractivity contribution in [2.45, 2.75) is 62.3 Å². The summed E-state index contributed by atoms with van der Waals surface area (Å²) in [6.45, 7) is 3.93. The van der Waals surface area contributed by atoms with Gasteiger partial charge in [-0.3, -0.25) is 0 Å². The predicted molar refractivity (Wildman–Crippen MR) is 102 cm³/mol. The van der Waals surface area contributed by atoms with Crippen LogP contribution in [-0.2, 0) is 14.8 Å². The van der Waals surface area contributed by atoms with Gasteiger partial charge in [0.25, 0.3) is 0 Å². The Morgan fingerprint density at radius 1 is 1.26 bits per heavy atom. The zero-order valence-electron chi connectivity index (χ0n) is 15.7. The molecule has 9 heteroatoms. The van der Waals surface area contributed by atoms with Crippen LogP contribution in [0.3, 0.4) is 0 Å². The third kappa shape index (κ3) is 6.76. The first-order chi connectivity index (χ1) is 12.8. The Hall–Kier alpha value is -1.68. The van der Waals surface area contributed by atoms with Crippen molar-refractivity contribution in [1.29, 1.82) is 0 Å². The monoisotopic (exact) mass is 399 g/mol. The van der Waals surface area contributed by atoms with Crippen LogP contribution < -0.4 is 15.4 Å². The van der Waals surface area contributed by atoms with E-state index in [4.69, 9.17) is 4.74 Å². The Kier molecular flexibility index (Phi) is 8.03. The Morgan fingerprint density at radius 2 is 1.96 bits per heavy atom. The first-order valence-electron chi connectivity index (χ1n) is 9.20. The van der Waals surface area contributed by atoms with Gasteiger partial charge < -0.3 is 20.5 Å². The molecule has 0 aromatic heterocycles. The molecule has 1 aliphatic heterocycles. The average Bonchev–Trinajstić information content (AvgIpc) is 2.62. The van der Waals surface area contributed by atoms with E-state index in [-0.39, 0.29) is 29.7 Å². The second-order valence-corrected chi connectivity index (χ2v) is 8.65. The van der Waals surface area contributed by atoms with E-state index in [9.17, 15) is 18.3 Å². The van der Waals surface area contributed by atoms with Crippen LogP contribution in [0, 0.1) is 0 Å². The molecule has 0 unspecified atom stereocenters. The van der Waals surface area contributed by atoms with Gasteiger partial charge in [0.15, 0.2) is 0 Å². The van der Waals surface area contributed by atoms with E-state index < -0.39 is 22.2 Å². The summed E-state index contributed by atoms with van der Waals surface area (Å²) < 4.78 is 33.4. The molecule has 152 valence electrons. The molecule has 3 atom stereocenters. The largest absolute Gasteiger partial charge is 0.394 e. The van der Waals surface area contributed by atoms with Gasteiger partial charge in [-0.05, 0) is 45.2 Å². The quantitative estimate of drug-likeness (QED) is 0.520. The summed E-state index contributed by atoms with van der Waals surface area (Å²) in [5.41, 5.74) is 0. The van der Waals surface area contributed by atoms with Crippen molar-refractivity contribution in [3.8, 4) is 0 Å². The van der Waals surface area contributed by atoms with Gasteiger partial charge in [-0.15, -0.1) is 0 Å².